The molecule has 1 atom stereocenters. The van der Waals surface area contributed by atoms with Crippen LogP contribution in [-0.2, 0) is 9.47 Å². The Labute approximate surface area is 118 Å². The van der Waals surface area contributed by atoms with Crippen LogP contribution in [0.4, 0.5) is 5.69 Å². The second-order valence-corrected chi connectivity index (χ2v) is 4.33. The zero-order valence-corrected chi connectivity index (χ0v) is 12.0. The van der Waals surface area contributed by atoms with Crippen LogP contribution in [0, 0.1) is 11.3 Å². The quantitative estimate of drug-likeness (QED) is 0.633. The monoisotopic (exact) mass is 279 g/mol. The van der Waals surface area contributed by atoms with Crippen LogP contribution in [0.5, 0.6) is 0 Å². The first-order valence-corrected chi connectivity index (χ1v) is 6.14. The molecule has 0 radical (unpaired) electrons. The zero-order chi connectivity index (χ0) is 14.3. The van der Waals surface area contributed by atoms with Crippen LogP contribution in [-0.4, -0.2) is 31.7 Å². The SMILES string of the molecule is COC(OC)C(C)NC(=S)Nc1cccc(C#N)c1. The number of anilines is 1. The number of hydrogen-bond donors (Lipinski definition) is 2. The summed E-state index contributed by atoms with van der Waals surface area (Å²) in [5.74, 6) is 0. The van der Waals surface area contributed by atoms with Gasteiger partial charge in [0.05, 0.1) is 17.7 Å². The first-order chi connectivity index (χ1) is 9.10. The third-order valence-electron chi connectivity index (χ3n) is 2.48. The molecule has 102 valence electrons. The summed E-state index contributed by atoms with van der Waals surface area (Å²) in [7, 11) is 3.14. The Morgan fingerprint density at radius 1 is 1.37 bits per heavy atom. The van der Waals surface area contributed by atoms with E-state index in [1.165, 1.54) is 0 Å². The van der Waals surface area contributed by atoms with Crippen molar-refractivity contribution in [1.29, 1.82) is 5.26 Å². The Balaban J connectivity index is 2.58. The van der Waals surface area contributed by atoms with Gasteiger partial charge >= 0.3 is 0 Å². The number of nitriles is 1. The number of nitrogens with zero attached hydrogens (tertiary/aromatic N) is 1. The summed E-state index contributed by atoms with van der Waals surface area (Å²) in [5, 5.41) is 15.3. The summed E-state index contributed by atoms with van der Waals surface area (Å²) in [6, 6.07) is 9.06. The third kappa shape index (κ3) is 4.83. The molecule has 1 rings (SSSR count). The summed E-state index contributed by atoms with van der Waals surface area (Å²) in [5.41, 5.74) is 1.34. The predicted octanol–water partition coefficient (Wildman–Crippen LogP) is 1.85. The van der Waals surface area contributed by atoms with Gasteiger partial charge in [0.1, 0.15) is 0 Å². The van der Waals surface area contributed by atoms with Crippen molar-refractivity contribution in [2.75, 3.05) is 19.5 Å². The van der Waals surface area contributed by atoms with Crippen LogP contribution in [0.15, 0.2) is 24.3 Å². The molecule has 0 fully saturated rings. The molecule has 6 heteroatoms. The summed E-state index contributed by atoms with van der Waals surface area (Å²) in [6.45, 7) is 1.90. The van der Waals surface area contributed by atoms with Crippen LogP contribution < -0.4 is 10.6 Å². The third-order valence-corrected chi connectivity index (χ3v) is 2.70. The van der Waals surface area contributed by atoms with Crippen LogP contribution in [0.25, 0.3) is 0 Å². The fraction of sp³-hybridized carbons (Fsp3) is 0.385. The average Bonchev–Trinajstić information content (AvgIpc) is 2.40. The lowest BCUT2D eigenvalue weighted by Crippen LogP contribution is -2.44. The van der Waals surface area contributed by atoms with Crippen LogP contribution in [0.3, 0.4) is 0 Å². The summed E-state index contributed by atoms with van der Waals surface area (Å²) < 4.78 is 10.3. The minimum atomic E-state index is -0.384. The van der Waals surface area contributed by atoms with E-state index in [0.29, 0.717) is 10.7 Å². The number of ether oxygens (including phenoxy) is 2. The predicted molar refractivity (Wildman–Crippen MR) is 77.8 cm³/mol. The van der Waals surface area contributed by atoms with Crippen molar-refractivity contribution in [3.63, 3.8) is 0 Å². The molecule has 1 aromatic rings. The Morgan fingerprint density at radius 3 is 2.63 bits per heavy atom. The molecular weight excluding hydrogens is 262 g/mol. The van der Waals surface area contributed by atoms with Gasteiger partial charge < -0.3 is 20.1 Å². The highest BCUT2D eigenvalue weighted by molar-refractivity contribution is 7.80. The van der Waals surface area contributed by atoms with Gasteiger partial charge in [-0.3, -0.25) is 0 Å². The van der Waals surface area contributed by atoms with Gasteiger partial charge in [0.2, 0.25) is 0 Å². The Bertz CT molecular complexity index is 469. The van der Waals surface area contributed by atoms with Crippen LogP contribution in [0.1, 0.15) is 12.5 Å². The van der Waals surface area contributed by atoms with E-state index in [-0.39, 0.29) is 12.3 Å². The second kappa shape index (κ2) is 7.69. The molecule has 1 unspecified atom stereocenters. The van der Waals surface area contributed by atoms with Gasteiger partial charge in [0.25, 0.3) is 0 Å². The molecule has 0 spiro atoms. The molecular formula is C13H17N3O2S. The van der Waals surface area contributed by atoms with Crippen molar-refractivity contribution in [2.45, 2.75) is 19.3 Å². The molecule has 2 N–H and O–H groups in total. The number of thiocarbonyl (C=S) groups is 1. The van der Waals surface area contributed by atoms with E-state index < -0.39 is 0 Å². The minimum Gasteiger partial charge on any atom is -0.355 e. The largest absolute Gasteiger partial charge is 0.355 e. The van der Waals surface area contributed by atoms with Crippen molar-refractivity contribution < 1.29 is 9.47 Å². The molecule has 0 amide bonds. The number of rotatable bonds is 5. The van der Waals surface area contributed by atoms with Gasteiger partial charge in [0, 0.05) is 19.9 Å². The van der Waals surface area contributed by atoms with Gasteiger partial charge in [-0.2, -0.15) is 5.26 Å². The lowest BCUT2D eigenvalue weighted by Gasteiger charge is -2.23. The van der Waals surface area contributed by atoms with Gasteiger partial charge in [-0.15, -0.1) is 0 Å². The number of hydrogen-bond acceptors (Lipinski definition) is 4. The van der Waals surface area contributed by atoms with Crippen molar-refractivity contribution >= 4 is 23.0 Å². The van der Waals surface area contributed by atoms with E-state index in [1.54, 1.807) is 32.4 Å². The molecule has 0 aliphatic carbocycles. The Morgan fingerprint density at radius 2 is 2.05 bits per heavy atom. The molecule has 0 saturated carbocycles. The van der Waals surface area contributed by atoms with E-state index in [2.05, 4.69) is 16.7 Å². The average molecular weight is 279 g/mol. The van der Waals surface area contributed by atoms with E-state index in [1.807, 2.05) is 13.0 Å². The van der Waals surface area contributed by atoms with Crippen molar-refractivity contribution in [3.05, 3.63) is 29.8 Å². The van der Waals surface area contributed by atoms with Crippen molar-refractivity contribution in [1.82, 2.24) is 5.32 Å². The smallest absolute Gasteiger partial charge is 0.176 e. The van der Waals surface area contributed by atoms with Gasteiger partial charge in [0.15, 0.2) is 11.4 Å². The lowest BCUT2D eigenvalue weighted by atomic mass is 10.2. The number of benzene rings is 1. The second-order valence-electron chi connectivity index (χ2n) is 3.92. The highest BCUT2D eigenvalue weighted by Gasteiger charge is 2.16. The topological polar surface area (TPSA) is 66.3 Å². The highest BCUT2D eigenvalue weighted by atomic mass is 32.1. The van der Waals surface area contributed by atoms with Crippen LogP contribution in [0.2, 0.25) is 0 Å². The van der Waals surface area contributed by atoms with Gasteiger partial charge in [-0.1, -0.05) is 6.07 Å². The van der Waals surface area contributed by atoms with E-state index >= 15 is 0 Å². The number of nitrogens with one attached hydrogen (secondary N) is 2. The zero-order valence-electron chi connectivity index (χ0n) is 11.1. The fourth-order valence-electron chi connectivity index (χ4n) is 1.61. The molecule has 0 bridgehead atoms. The number of methoxy groups -OCH3 is 2. The lowest BCUT2D eigenvalue weighted by molar-refractivity contribution is -0.116. The van der Waals surface area contributed by atoms with E-state index in [9.17, 15) is 0 Å². The molecule has 19 heavy (non-hydrogen) atoms. The van der Waals surface area contributed by atoms with E-state index in [0.717, 1.165) is 5.69 Å². The molecule has 5 nitrogen and oxygen atoms in total. The Kier molecular flexibility index (Phi) is 6.22. The molecule has 0 aliphatic heterocycles. The van der Waals surface area contributed by atoms with Gasteiger partial charge in [-0.05, 0) is 37.3 Å². The Hall–Kier alpha value is -1.68. The molecule has 0 aliphatic rings. The van der Waals surface area contributed by atoms with E-state index in [4.69, 9.17) is 27.0 Å². The fourth-order valence-corrected chi connectivity index (χ4v) is 1.92. The molecule has 1 aromatic carbocycles. The first kappa shape index (κ1) is 15.4. The molecule has 0 aromatic heterocycles. The summed E-state index contributed by atoms with van der Waals surface area (Å²) >= 11 is 5.19. The van der Waals surface area contributed by atoms with Crippen LogP contribution >= 0.6 is 12.2 Å². The first-order valence-electron chi connectivity index (χ1n) is 5.74. The normalized spacial score (nSPS) is 11.7. The van der Waals surface area contributed by atoms with Gasteiger partial charge in [-0.25, -0.2) is 0 Å². The van der Waals surface area contributed by atoms with Crippen molar-refractivity contribution in [2.24, 2.45) is 0 Å². The molecule has 0 heterocycles. The highest BCUT2D eigenvalue weighted by Crippen LogP contribution is 2.09. The van der Waals surface area contributed by atoms with Crippen molar-refractivity contribution in [3.8, 4) is 6.07 Å². The maximum Gasteiger partial charge on any atom is 0.176 e. The molecule has 0 saturated heterocycles. The standard InChI is InChI=1S/C13H17N3O2S/c1-9(12(17-2)18-3)15-13(19)16-11-6-4-5-10(7-11)8-14/h4-7,9,12H,1-3H3,(H2,15,16,19). The maximum absolute atomic E-state index is 8.82. The minimum absolute atomic E-state index is 0.103. The maximum atomic E-state index is 8.82. The summed E-state index contributed by atoms with van der Waals surface area (Å²) in [6.07, 6.45) is -0.384. The summed E-state index contributed by atoms with van der Waals surface area (Å²) in [4.78, 5) is 0.